The summed E-state index contributed by atoms with van der Waals surface area (Å²) in [5.74, 6) is 0.621. The molecule has 4 rings (SSSR count). The van der Waals surface area contributed by atoms with E-state index in [9.17, 15) is 19.8 Å². The Balaban J connectivity index is 1.78. The molecule has 5 heteroatoms. The second kappa shape index (κ2) is 9.77. The smallest absolute Gasteiger partial charge is 0.308 e. The molecule has 0 spiro atoms. The van der Waals surface area contributed by atoms with E-state index in [0.717, 1.165) is 12.8 Å². The fourth-order valence-corrected chi connectivity index (χ4v) is 9.90. The third-order valence-electron chi connectivity index (χ3n) is 12.3. The lowest BCUT2D eigenvalue weighted by atomic mass is 9.35. The molecule has 0 radical (unpaired) electrons. The van der Waals surface area contributed by atoms with Gasteiger partial charge in [0.1, 0.15) is 6.10 Å². The molecule has 0 saturated heterocycles. The zero-order valence-corrected chi connectivity index (χ0v) is 24.6. The SMILES string of the molecule is CC[C@@]1(C)CCC[C@]2(C)[C@H]3C[C@H](OC(=O)CC(O)C(C)C)[C@]4(C)C=C(C(C)=O)[C@H](O)C[C@H]4[C@]3(C)CC[C@@H]12. The zero-order chi connectivity index (χ0) is 27.6. The van der Waals surface area contributed by atoms with Crippen molar-refractivity contribution >= 4 is 11.8 Å². The monoisotopic (exact) mass is 516 g/mol. The van der Waals surface area contributed by atoms with Gasteiger partial charge in [-0.2, -0.15) is 0 Å². The van der Waals surface area contributed by atoms with Gasteiger partial charge in [0.05, 0.1) is 18.6 Å². The molecule has 0 aromatic rings. The quantitative estimate of drug-likeness (QED) is 0.408. The van der Waals surface area contributed by atoms with Gasteiger partial charge in [0.2, 0.25) is 0 Å². The molecule has 3 fully saturated rings. The zero-order valence-electron chi connectivity index (χ0n) is 24.6. The minimum atomic E-state index is -0.775. The highest BCUT2D eigenvalue weighted by atomic mass is 16.5. The molecule has 210 valence electrons. The second-order valence-electron chi connectivity index (χ2n) is 14.6. The number of carbonyl (C=O) groups excluding carboxylic acids is 2. The lowest BCUT2D eigenvalue weighted by molar-refractivity contribution is -0.229. The van der Waals surface area contributed by atoms with E-state index >= 15 is 0 Å². The van der Waals surface area contributed by atoms with Gasteiger partial charge in [-0.05, 0) is 85.4 Å². The predicted molar refractivity (Wildman–Crippen MR) is 146 cm³/mol. The van der Waals surface area contributed by atoms with Crippen molar-refractivity contribution in [3.8, 4) is 0 Å². The maximum absolute atomic E-state index is 13.2. The van der Waals surface area contributed by atoms with Gasteiger partial charge in [0.25, 0.3) is 0 Å². The number of ether oxygens (including phenoxy) is 1. The number of hydrogen-bond acceptors (Lipinski definition) is 5. The van der Waals surface area contributed by atoms with Crippen molar-refractivity contribution in [2.24, 2.45) is 45.3 Å². The van der Waals surface area contributed by atoms with Crippen LogP contribution in [0.5, 0.6) is 0 Å². The Labute approximate surface area is 224 Å². The normalized spacial score (nSPS) is 46.2. The van der Waals surface area contributed by atoms with Crippen LogP contribution in [0.2, 0.25) is 0 Å². The highest BCUT2D eigenvalue weighted by molar-refractivity contribution is 5.94. The highest BCUT2D eigenvalue weighted by Gasteiger charge is 2.67. The Bertz CT molecular complexity index is 939. The van der Waals surface area contributed by atoms with Gasteiger partial charge in [0.15, 0.2) is 5.78 Å². The molecule has 10 atom stereocenters. The number of carbonyl (C=O) groups is 2. The summed E-state index contributed by atoms with van der Waals surface area (Å²) in [7, 11) is 0. The summed E-state index contributed by atoms with van der Waals surface area (Å²) < 4.78 is 6.31. The minimum Gasteiger partial charge on any atom is -0.461 e. The molecular weight excluding hydrogens is 464 g/mol. The van der Waals surface area contributed by atoms with Gasteiger partial charge >= 0.3 is 5.97 Å². The van der Waals surface area contributed by atoms with Gasteiger partial charge in [-0.3, -0.25) is 9.59 Å². The summed E-state index contributed by atoms with van der Waals surface area (Å²) in [6.07, 6.45) is 8.57. The van der Waals surface area contributed by atoms with Crippen LogP contribution >= 0.6 is 0 Å². The largest absolute Gasteiger partial charge is 0.461 e. The van der Waals surface area contributed by atoms with E-state index < -0.39 is 17.6 Å². The molecule has 3 saturated carbocycles. The van der Waals surface area contributed by atoms with Gasteiger partial charge in [-0.15, -0.1) is 0 Å². The molecule has 4 aliphatic rings. The molecule has 0 bridgehead atoms. The first-order valence-corrected chi connectivity index (χ1v) is 14.9. The van der Waals surface area contributed by atoms with Crippen LogP contribution in [0, 0.1) is 45.3 Å². The van der Waals surface area contributed by atoms with Crippen LogP contribution in [0.1, 0.15) is 113 Å². The Morgan fingerprint density at radius 1 is 1.03 bits per heavy atom. The lowest BCUT2D eigenvalue weighted by Gasteiger charge is -2.70. The molecule has 0 aromatic heterocycles. The molecule has 0 aliphatic heterocycles. The number of Topliss-reactive ketones (excluding diaryl/α,β-unsaturated/α-hetero) is 1. The van der Waals surface area contributed by atoms with Crippen molar-refractivity contribution in [1.29, 1.82) is 0 Å². The van der Waals surface area contributed by atoms with E-state index in [-0.39, 0.29) is 46.9 Å². The molecule has 1 unspecified atom stereocenters. The van der Waals surface area contributed by atoms with Crippen LogP contribution in [-0.2, 0) is 14.3 Å². The van der Waals surface area contributed by atoms with E-state index in [1.807, 2.05) is 19.9 Å². The maximum atomic E-state index is 13.2. The van der Waals surface area contributed by atoms with E-state index in [1.165, 1.54) is 39.0 Å². The molecule has 0 heterocycles. The van der Waals surface area contributed by atoms with Gasteiger partial charge in [0, 0.05) is 11.0 Å². The number of aliphatic hydroxyl groups excluding tert-OH is 2. The first kappa shape index (κ1) is 28.8. The number of esters is 1. The van der Waals surface area contributed by atoms with Gasteiger partial charge < -0.3 is 14.9 Å². The molecule has 5 nitrogen and oxygen atoms in total. The molecule has 37 heavy (non-hydrogen) atoms. The summed E-state index contributed by atoms with van der Waals surface area (Å²) in [6, 6.07) is 0. The molecule has 2 N–H and O–H groups in total. The number of hydrogen-bond donors (Lipinski definition) is 2. The summed E-state index contributed by atoms with van der Waals surface area (Å²) >= 11 is 0. The van der Waals surface area contributed by atoms with Crippen molar-refractivity contribution in [1.82, 2.24) is 0 Å². The number of aliphatic hydroxyl groups is 2. The number of fused-ring (bicyclic) bond motifs is 5. The van der Waals surface area contributed by atoms with Crippen LogP contribution in [0.3, 0.4) is 0 Å². The number of ketones is 1. The third kappa shape index (κ3) is 4.54. The topological polar surface area (TPSA) is 83.8 Å². The highest BCUT2D eigenvalue weighted by Crippen LogP contribution is 2.72. The maximum Gasteiger partial charge on any atom is 0.308 e. The van der Waals surface area contributed by atoms with Crippen molar-refractivity contribution in [3.63, 3.8) is 0 Å². The molecule has 0 amide bonds. The fraction of sp³-hybridized carbons (Fsp3) is 0.875. The van der Waals surface area contributed by atoms with Gasteiger partial charge in [-0.1, -0.05) is 67.4 Å². The first-order valence-electron chi connectivity index (χ1n) is 14.9. The van der Waals surface area contributed by atoms with Crippen molar-refractivity contribution < 1.29 is 24.5 Å². The minimum absolute atomic E-state index is 0.00779. The summed E-state index contributed by atoms with van der Waals surface area (Å²) in [5, 5.41) is 21.5. The molecule has 0 aromatic carbocycles. The summed E-state index contributed by atoms with van der Waals surface area (Å²) in [5.41, 5.74) is 0.396. The van der Waals surface area contributed by atoms with Crippen LogP contribution in [0.4, 0.5) is 0 Å². The number of rotatable bonds is 6. The van der Waals surface area contributed by atoms with E-state index in [4.69, 9.17) is 4.74 Å². The average Bonchev–Trinajstić information content (AvgIpc) is 2.80. The van der Waals surface area contributed by atoms with Crippen molar-refractivity contribution in [3.05, 3.63) is 11.6 Å². The van der Waals surface area contributed by atoms with Crippen molar-refractivity contribution in [2.75, 3.05) is 0 Å². The van der Waals surface area contributed by atoms with E-state index in [1.54, 1.807) is 0 Å². The van der Waals surface area contributed by atoms with Crippen LogP contribution in [-0.4, -0.2) is 40.3 Å². The van der Waals surface area contributed by atoms with Crippen LogP contribution in [0.25, 0.3) is 0 Å². The Morgan fingerprint density at radius 2 is 1.68 bits per heavy atom. The predicted octanol–water partition coefficient (Wildman–Crippen LogP) is 6.25. The fourth-order valence-electron chi connectivity index (χ4n) is 9.90. The standard InChI is InChI=1S/C32H52O5/c1-9-29(5)12-10-13-30(6)24(29)11-14-31(7)25-15-23(35)21(20(4)33)18-32(25,8)27(17-26(30)31)37-28(36)16-22(34)19(2)3/h18-19,22-27,34-35H,9-17H2,1-8H3/t22?,23-,24+,25+,26-,27+,29+,30+,31+,32-/m1/s1. The average molecular weight is 517 g/mol. The van der Waals surface area contributed by atoms with E-state index in [0.29, 0.717) is 29.2 Å². The summed E-state index contributed by atoms with van der Waals surface area (Å²) in [4.78, 5) is 25.7. The second-order valence-corrected chi connectivity index (χ2v) is 14.6. The molecule has 4 aliphatic carbocycles. The van der Waals surface area contributed by atoms with Gasteiger partial charge in [-0.25, -0.2) is 0 Å². The Morgan fingerprint density at radius 3 is 2.27 bits per heavy atom. The van der Waals surface area contributed by atoms with Crippen LogP contribution in [0.15, 0.2) is 11.6 Å². The summed E-state index contributed by atoms with van der Waals surface area (Å²) in [6.45, 7) is 17.2. The Hall–Kier alpha value is -1.20. The van der Waals surface area contributed by atoms with E-state index in [2.05, 4.69) is 34.6 Å². The lowest BCUT2D eigenvalue weighted by Crippen LogP contribution is -2.65. The third-order valence-corrected chi connectivity index (χ3v) is 12.3. The first-order chi connectivity index (χ1) is 17.1. The van der Waals surface area contributed by atoms with Crippen molar-refractivity contribution in [2.45, 2.75) is 131 Å². The van der Waals surface area contributed by atoms with Crippen LogP contribution < -0.4 is 0 Å². The molecular formula is C32H52O5. The Kier molecular flexibility index (Phi) is 7.60.